The molecule has 1 N–H and O–H groups in total. The highest BCUT2D eigenvalue weighted by Gasteiger charge is 2.19. The molecule has 3 heteroatoms. The maximum atomic E-state index is 9.32. The van der Waals surface area contributed by atoms with Crippen LogP contribution in [0.15, 0.2) is 78.9 Å². The van der Waals surface area contributed by atoms with Gasteiger partial charge in [-0.15, -0.1) is 0 Å². The summed E-state index contributed by atoms with van der Waals surface area (Å²) >= 11 is 0. The minimum Gasteiger partial charge on any atom is -0.311 e. The van der Waals surface area contributed by atoms with Crippen LogP contribution < -0.4 is 5.32 Å². The molecule has 1 aliphatic rings. The lowest BCUT2D eigenvalue weighted by atomic mass is 9.99. The molecule has 4 rings (SSSR count). The fraction of sp³-hybridized carbons (Fsp3) is 0.240. The van der Waals surface area contributed by atoms with Crippen LogP contribution in [0.4, 0.5) is 0 Å². The number of piperazine rings is 1. The average molecular weight is 367 g/mol. The van der Waals surface area contributed by atoms with E-state index in [-0.39, 0.29) is 0 Å². The van der Waals surface area contributed by atoms with Gasteiger partial charge in [0.05, 0.1) is 11.6 Å². The zero-order valence-electron chi connectivity index (χ0n) is 16.0. The highest BCUT2D eigenvalue weighted by atomic mass is 15.2. The summed E-state index contributed by atoms with van der Waals surface area (Å²) in [7, 11) is 0. The number of hydrogen-bond donors (Lipinski definition) is 1. The molecule has 0 bridgehead atoms. The molecule has 0 amide bonds. The molecule has 0 aliphatic carbocycles. The standard InChI is InChI=1S/C25H25N3/c26-17-23-8-4-5-9-25(23)22-12-10-21(11-13-22)18-28-15-14-27-24(19-28)16-20-6-2-1-3-7-20/h1-13,24,27H,14-16,18-19H2. The molecule has 1 saturated heterocycles. The summed E-state index contributed by atoms with van der Waals surface area (Å²) in [5.74, 6) is 0. The summed E-state index contributed by atoms with van der Waals surface area (Å²) in [6.07, 6.45) is 1.07. The molecule has 3 nitrogen and oxygen atoms in total. The number of rotatable bonds is 5. The Morgan fingerprint density at radius 1 is 0.893 bits per heavy atom. The van der Waals surface area contributed by atoms with Gasteiger partial charge in [-0.25, -0.2) is 0 Å². The van der Waals surface area contributed by atoms with Gasteiger partial charge >= 0.3 is 0 Å². The molecule has 0 radical (unpaired) electrons. The van der Waals surface area contributed by atoms with Crippen LogP contribution in [0.1, 0.15) is 16.7 Å². The van der Waals surface area contributed by atoms with E-state index in [1.807, 2.05) is 24.3 Å². The maximum Gasteiger partial charge on any atom is 0.0998 e. The first kappa shape index (κ1) is 18.4. The van der Waals surface area contributed by atoms with Crippen molar-refractivity contribution in [2.24, 2.45) is 0 Å². The van der Waals surface area contributed by atoms with Crippen LogP contribution in [0, 0.1) is 11.3 Å². The fourth-order valence-corrected chi connectivity index (χ4v) is 3.95. The van der Waals surface area contributed by atoms with Crippen molar-refractivity contribution in [2.45, 2.75) is 19.0 Å². The molecule has 0 aromatic heterocycles. The molecule has 1 unspecified atom stereocenters. The van der Waals surface area contributed by atoms with Gasteiger partial charge in [-0.1, -0.05) is 72.8 Å². The molecule has 1 fully saturated rings. The molecule has 28 heavy (non-hydrogen) atoms. The predicted octanol–water partition coefficient (Wildman–Crippen LogP) is 4.24. The topological polar surface area (TPSA) is 39.1 Å². The third kappa shape index (κ3) is 4.48. The first-order valence-electron chi connectivity index (χ1n) is 9.90. The van der Waals surface area contributed by atoms with Crippen molar-refractivity contribution >= 4 is 0 Å². The summed E-state index contributed by atoms with van der Waals surface area (Å²) in [5, 5.41) is 13.0. The Labute approximate surface area is 167 Å². The SMILES string of the molecule is N#Cc1ccccc1-c1ccc(CN2CCNC(Cc3ccccc3)C2)cc1. The average Bonchev–Trinajstić information content (AvgIpc) is 2.75. The van der Waals surface area contributed by atoms with Crippen molar-refractivity contribution in [1.82, 2.24) is 10.2 Å². The van der Waals surface area contributed by atoms with Crippen LogP contribution in [0.25, 0.3) is 11.1 Å². The second-order valence-electron chi connectivity index (χ2n) is 7.43. The van der Waals surface area contributed by atoms with Gasteiger partial charge in [-0.2, -0.15) is 5.26 Å². The second-order valence-corrected chi connectivity index (χ2v) is 7.43. The van der Waals surface area contributed by atoms with Gasteiger partial charge in [-0.05, 0) is 34.7 Å². The Morgan fingerprint density at radius 3 is 2.43 bits per heavy atom. The van der Waals surface area contributed by atoms with Crippen molar-refractivity contribution < 1.29 is 0 Å². The first-order valence-corrected chi connectivity index (χ1v) is 9.90. The predicted molar refractivity (Wildman–Crippen MR) is 114 cm³/mol. The highest BCUT2D eigenvalue weighted by Crippen LogP contribution is 2.24. The molecule has 3 aromatic carbocycles. The highest BCUT2D eigenvalue weighted by molar-refractivity contribution is 5.70. The number of nitrogens with zero attached hydrogens (tertiary/aromatic N) is 2. The van der Waals surface area contributed by atoms with Gasteiger partial charge < -0.3 is 5.32 Å². The van der Waals surface area contributed by atoms with Crippen molar-refractivity contribution in [2.75, 3.05) is 19.6 Å². The quantitative estimate of drug-likeness (QED) is 0.733. The third-order valence-corrected chi connectivity index (χ3v) is 5.38. The summed E-state index contributed by atoms with van der Waals surface area (Å²) in [6.45, 7) is 4.14. The van der Waals surface area contributed by atoms with E-state index in [2.05, 4.69) is 70.9 Å². The van der Waals surface area contributed by atoms with Crippen LogP contribution >= 0.6 is 0 Å². The number of nitrogens with one attached hydrogen (secondary N) is 1. The van der Waals surface area contributed by atoms with Gasteiger partial charge in [0.25, 0.3) is 0 Å². The molecule has 3 aromatic rings. The summed E-state index contributed by atoms with van der Waals surface area (Å²) in [4.78, 5) is 2.53. The lowest BCUT2D eigenvalue weighted by Crippen LogP contribution is -2.51. The van der Waals surface area contributed by atoms with Gasteiger partial charge in [-0.3, -0.25) is 4.90 Å². The number of nitriles is 1. The zero-order valence-corrected chi connectivity index (χ0v) is 16.0. The van der Waals surface area contributed by atoms with Crippen molar-refractivity contribution in [3.05, 3.63) is 95.6 Å². The van der Waals surface area contributed by atoms with E-state index < -0.39 is 0 Å². The minimum atomic E-state index is 0.498. The van der Waals surface area contributed by atoms with E-state index in [1.165, 1.54) is 11.1 Å². The zero-order chi connectivity index (χ0) is 19.2. The maximum absolute atomic E-state index is 9.32. The van der Waals surface area contributed by atoms with Crippen molar-refractivity contribution in [1.29, 1.82) is 5.26 Å². The van der Waals surface area contributed by atoms with E-state index >= 15 is 0 Å². The van der Waals surface area contributed by atoms with Gasteiger partial charge in [0, 0.05) is 32.2 Å². The number of benzene rings is 3. The Bertz CT molecular complexity index is 942. The van der Waals surface area contributed by atoms with E-state index in [0.717, 1.165) is 49.3 Å². The molecule has 1 aliphatic heterocycles. The monoisotopic (exact) mass is 367 g/mol. The normalized spacial score (nSPS) is 17.2. The van der Waals surface area contributed by atoms with Crippen LogP contribution in [-0.4, -0.2) is 30.6 Å². The molecular formula is C25H25N3. The lowest BCUT2D eigenvalue weighted by Gasteiger charge is -2.34. The molecule has 140 valence electrons. The van der Waals surface area contributed by atoms with E-state index in [0.29, 0.717) is 6.04 Å². The Kier molecular flexibility index (Phi) is 5.82. The Hall–Kier alpha value is -2.93. The summed E-state index contributed by atoms with van der Waals surface area (Å²) < 4.78 is 0. The minimum absolute atomic E-state index is 0.498. The molecule has 0 spiro atoms. The van der Waals surface area contributed by atoms with E-state index in [1.54, 1.807) is 0 Å². The molecule has 1 atom stereocenters. The fourth-order valence-electron chi connectivity index (χ4n) is 3.95. The molecule has 0 saturated carbocycles. The van der Waals surface area contributed by atoms with E-state index in [4.69, 9.17) is 0 Å². The van der Waals surface area contributed by atoms with Crippen LogP contribution in [0.3, 0.4) is 0 Å². The largest absolute Gasteiger partial charge is 0.311 e. The van der Waals surface area contributed by atoms with Crippen molar-refractivity contribution in [3.8, 4) is 17.2 Å². The van der Waals surface area contributed by atoms with Gasteiger partial charge in [0.2, 0.25) is 0 Å². The summed E-state index contributed by atoms with van der Waals surface area (Å²) in [6, 6.07) is 29.9. The van der Waals surface area contributed by atoms with Gasteiger partial charge in [0.1, 0.15) is 0 Å². The third-order valence-electron chi connectivity index (χ3n) is 5.38. The Balaban J connectivity index is 1.39. The smallest absolute Gasteiger partial charge is 0.0998 e. The van der Waals surface area contributed by atoms with Crippen LogP contribution in [0.2, 0.25) is 0 Å². The lowest BCUT2D eigenvalue weighted by molar-refractivity contribution is 0.192. The van der Waals surface area contributed by atoms with Crippen LogP contribution in [0.5, 0.6) is 0 Å². The molecule has 1 heterocycles. The van der Waals surface area contributed by atoms with Crippen molar-refractivity contribution in [3.63, 3.8) is 0 Å². The number of hydrogen-bond acceptors (Lipinski definition) is 3. The second kappa shape index (κ2) is 8.84. The van der Waals surface area contributed by atoms with E-state index in [9.17, 15) is 5.26 Å². The van der Waals surface area contributed by atoms with Crippen LogP contribution in [-0.2, 0) is 13.0 Å². The van der Waals surface area contributed by atoms with Gasteiger partial charge in [0.15, 0.2) is 0 Å². The first-order chi connectivity index (χ1) is 13.8. The summed E-state index contributed by atoms with van der Waals surface area (Å²) in [5.41, 5.74) is 5.53. The molecular weight excluding hydrogens is 342 g/mol. The Morgan fingerprint density at radius 2 is 1.64 bits per heavy atom.